The van der Waals surface area contributed by atoms with Crippen molar-refractivity contribution in [1.29, 1.82) is 0 Å². The molecule has 0 aromatic carbocycles. The lowest BCUT2D eigenvalue weighted by Gasteiger charge is -2.41. The van der Waals surface area contributed by atoms with Crippen LogP contribution >= 0.6 is 0 Å². The third kappa shape index (κ3) is 6.19. The van der Waals surface area contributed by atoms with Crippen molar-refractivity contribution in [2.75, 3.05) is 38.5 Å². The van der Waals surface area contributed by atoms with Gasteiger partial charge in [0.25, 0.3) is 10.1 Å². The van der Waals surface area contributed by atoms with E-state index >= 15 is 0 Å². The Bertz CT molecular complexity index is 414. The van der Waals surface area contributed by atoms with Gasteiger partial charge in [0, 0.05) is 5.92 Å². The second kappa shape index (κ2) is 7.38. The standard InChI is InChI=1S/C13H26N2O4S/c1-12(2)13(16)14-6-9-15(7-4-3-5-8-15)10-11-20(17,18)19/h12H,3-11H2,1-2H3,(H-,14,16,17,18,19)/p+1. The zero-order valence-electron chi connectivity index (χ0n) is 12.5. The van der Waals surface area contributed by atoms with E-state index in [2.05, 4.69) is 5.32 Å². The van der Waals surface area contributed by atoms with Crippen LogP contribution in [0.3, 0.4) is 0 Å². The van der Waals surface area contributed by atoms with Crippen molar-refractivity contribution in [2.24, 2.45) is 5.92 Å². The number of rotatable bonds is 7. The van der Waals surface area contributed by atoms with Crippen LogP contribution in [0.15, 0.2) is 0 Å². The lowest BCUT2D eigenvalue weighted by atomic mass is 10.1. The summed E-state index contributed by atoms with van der Waals surface area (Å²) in [6.45, 7) is 7.25. The number of nitrogens with zero attached hydrogens (tertiary/aromatic N) is 1. The molecular weight excluding hydrogens is 280 g/mol. The van der Waals surface area contributed by atoms with E-state index in [4.69, 9.17) is 4.55 Å². The lowest BCUT2D eigenvalue weighted by Crippen LogP contribution is -2.56. The highest BCUT2D eigenvalue weighted by Gasteiger charge is 2.31. The largest absolute Gasteiger partial charge is 0.350 e. The molecular formula is C13H27N2O4S+. The van der Waals surface area contributed by atoms with Gasteiger partial charge in [0.1, 0.15) is 5.75 Å². The lowest BCUT2D eigenvalue weighted by molar-refractivity contribution is -0.929. The molecule has 0 aromatic rings. The van der Waals surface area contributed by atoms with Gasteiger partial charge in [0.05, 0.1) is 32.7 Å². The fraction of sp³-hybridized carbons (Fsp3) is 0.923. The molecule has 1 aliphatic rings. The maximum atomic E-state index is 11.6. The van der Waals surface area contributed by atoms with Crippen molar-refractivity contribution in [2.45, 2.75) is 33.1 Å². The smallest absolute Gasteiger partial charge is 0.270 e. The van der Waals surface area contributed by atoms with Crippen LogP contribution in [-0.2, 0) is 14.9 Å². The topological polar surface area (TPSA) is 83.5 Å². The normalized spacial score (nSPS) is 19.0. The molecule has 0 radical (unpaired) electrons. The Balaban J connectivity index is 2.53. The van der Waals surface area contributed by atoms with E-state index in [0.29, 0.717) is 17.6 Å². The molecule has 6 nitrogen and oxygen atoms in total. The Hall–Kier alpha value is -0.660. The molecule has 1 aliphatic heterocycles. The van der Waals surface area contributed by atoms with E-state index in [1.807, 2.05) is 13.8 Å². The third-order valence-corrected chi connectivity index (χ3v) is 4.70. The Morgan fingerprint density at radius 1 is 1.20 bits per heavy atom. The highest BCUT2D eigenvalue weighted by atomic mass is 32.2. The number of carbonyl (C=O) groups excluding carboxylic acids is 1. The summed E-state index contributed by atoms with van der Waals surface area (Å²) in [5.41, 5.74) is 0. The van der Waals surface area contributed by atoms with Crippen molar-refractivity contribution >= 4 is 16.0 Å². The fourth-order valence-corrected chi connectivity index (χ4v) is 3.29. The molecule has 1 saturated heterocycles. The molecule has 20 heavy (non-hydrogen) atoms. The molecule has 1 fully saturated rings. The number of amides is 1. The quantitative estimate of drug-likeness (QED) is 0.534. The van der Waals surface area contributed by atoms with E-state index in [9.17, 15) is 13.2 Å². The molecule has 7 heteroatoms. The number of carbonyl (C=O) groups is 1. The molecule has 0 unspecified atom stereocenters. The summed E-state index contributed by atoms with van der Waals surface area (Å²) in [7, 11) is -3.92. The molecule has 0 aliphatic carbocycles. The van der Waals surface area contributed by atoms with Crippen molar-refractivity contribution in [1.82, 2.24) is 5.32 Å². The van der Waals surface area contributed by atoms with Gasteiger partial charge in [-0.05, 0) is 19.3 Å². The third-order valence-electron chi connectivity index (χ3n) is 4.00. The van der Waals surface area contributed by atoms with Crippen LogP contribution in [0, 0.1) is 5.92 Å². The molecule has 118 valence electrons. The minimum atomic E-state index is -3.92. The molecule has 2 N–H and O–H groups in total. The minimum Gasteiger partial charge on any atom is -0.350 e. The number of piperidine rings is 1. The predicted octanol–water partition coefficient (Wildman–Crippen LogP) is 0.647. The van der Waals surface area contributed by atoms with Gasteiger partial charge in [0.15, 0.2) is 0 Å². The van der Waals surface area contributed by atoms with E-state index in [1.54, 1.807) is 0 Å². The summed E-state index contributed by atoms with van der Waals surface area (Å²) in [6, 6.07) is 0. The van der Waals surface area contributed by atoms with Crippen LogP contribution in [0.25, 0.3) is 0 Å². The molecule has 1 rings (SSSR count). The van der Waals surface area contributed by atoms with Gasteiger partial charge in [0.2, 0.25) is 5.91 Å². The van der Waals surface area contributed by atoms with Gasteiger partial charge in [-0.1, -0.05) is 13.8 Å². The van der Waals surface area contributed by atoms with Crippen molar-refractivity contribution < 1.29 is 22.2 Å². The van der Waals surface area contributed by atoms with Crippen molar-refractivity contribution in [3.63, 3.8) is 0 Å². The summed E-state index contributed by atoms with van der Waals surface area (Å²) < 4.78 is 31.5. The van der Waals surface area contributed by atoms with Gasteiger partial charge in [-0.3, -0.25) is 9.35 Å². The molecule has 0 bridgehead atoms. The summed E-state index contributed by atoms with van der Waals surface area (Å²) in [5.74, 6) is -0.219. The van der Waals surface area contributed by atoms with Crippen LogP contribution in [0.4, 0.5) is 0 Å². The molecule has 0 atom stereocenters. The second-order valence-electron chi connectivity index (χ2n) is 6.03. The van der Waals surface area contributed by atoms with E-state index < -0.39 is 10.1 Å². The van der Waals surface area contributed by atoms with Crippen LogP contribution < -0.4 is 5.32 Å². The number of nitrogens with one attached hydrogen (secondary N) is 1. The number of quaternary nitrogens is 1. The number of hydrogen-bond acceptors (Lipinski definition) is 3. The molecule has 0 aromatic heterocycles. The molecule has 1 amide bonds. The van der Waals surface area contributed by atoms with Gasteiger partial charge in [-0.25, -0.2) is 0 Å². The summed E-state index contributed by atoms with van der Waals surface area (Å²) in [5, 5.41) is 2.88. The predicted molar refractivity (Wildman–Crippen MR) is 77.8 cm³/mol. The average molecular weight is 307 g/mol. The molecule has 0 spiro atoms. The van der Waals surface area contributed by atoms with Crippen LogP contribution in [0.2, 0.25) is 0 Å². The Morgan fingerprint density at radius 2 is 1.80 bits per heavy atom. The maximum Gasteiger partial charge on any atom is 0.270 e. The monoisotopic (exact) mass is 307 g/mol. The van der Waals surface area contributed by atoms with Gasteiger partial charge in [-0.15, -0.1) is 0 Å². The van der Waals surface area contributed by atoms with E-state index in [1.165, 1.54) is 6.42 Å². The highest BCUT2D eigenvalue weighted by molar-refractivity contribution is 7.85. The second-order valence-corrected chi connectivity index (χ2v) is 7.60. The Labute approximate surface area is 121 Å². The summed E-state index contributed by atoms with van der Waals surface area (Å²) in [6.07, 6.45) is 3.32. The first kappa shape index (κ1) is 17.4. The van der Waals surface area contributed by atoms with E-state index in [0.717, 1.165) is 32.5 Å². The van der Waals surface area contributed by atoms with Gasteiger partial charge in [-0.2, -0.15) is 8.42 Å². The van der Waals surface area contributed by atoms with E-state index in [-0.39, 0.29) is 17.6 Å². The average Bonchev–Trinajstić information content (AvgIpc) is 2.37. The van der Waals surface area contributed by atoms with Crippen molar-refractivity contribution in [3.05, 3.63) is 0 Å². The summed E-state index contributed by atoms with van der Waals surface area (Å²) in [4.78, 5) is 11.6. The fourth-order valence-electron chi connectivity index (χ4n) is 2.67. The molecule has 1 heterocycles. The Morgan fingerprint density at radius 3 is 2.30 bits per heavy atom. The number of hydrogen-bond donors (Lipinski definition) is 2. The first-order chi connectivity index (χ1) is 9.24. The minimum absolute atomic E-state index is 0.0231. The molecule has 0 saturated carbocycles. The van der Waals surface area contributed by atoms with Crippen LogP contribution in [-0.4, -0.2) is 61.8 Å². The first-order valence-corrected chi connectivity index (χ1v) is 8.93. The summed E-state index contributed by atoms with van der Waals surface area (Å²) >= 11 is 0. The zero-order chi connectivity index (χ0) is 15.2. The maximum absolute atomic E-state index is 11.6. The highest BCUT2D eigenvalue weighted by Crippen LogP contribution is 2.18. The SMILES string of the molecule is CC(C)C(=O)NCC[N+]1(CCS(=O)(=O)O)CCCCC1. The van der Waals surface area contributed by atoms with Crippen LogP contribution in [0.5, 0.6) is 0 Å². The van der Waals surface area contributed by atoms with Crippen molar-refractivity contribution in [3.8, 4) is 0 Å². The van der Waals surface area contributed by atoms with Gasteiger partial charge >= 0.3 is 0 Å². The first-order valence-electron chi connectivity index (χ1n) is 7.32. The zero-order valence-corrected chi connectivity index (χ0v) is 13.3. The number of likely N-dealkylation sites (tertiary alicyclic amines) is 1. The van der Waals surface area contributed by atoms with Crippen LogP contribution in [0.1, 0.15) is 33.1 Å². The Kier molecular flexibility index (Phi) is 6.42. The van der Waals surface area contributed by atoms with Gasteiger partial charge < -0.3 is 9.80 Å².